The van der Waals surface area contributed by atoms with Crippen molar-refractivity contribution in [1.82, 2.24) is 0 Å². The first-order chi connectivity index (χ1) is 9.79. The molecule has 3 rings (SSSR count). The molecular weight excluding hydrogens is 246 g/mol. The quantitative estimate of drug-likeness (QED) is 0.760. The molecule has 0 radical (unpaired) electrons. The fraction of sp³-hybridized carbons (Fsp3) is 0.0556. The molecule has 0 fully saturated rings. The number of nitriles is 1. The summed E-state index contributed by atoms with van der Waals surface area (Å²) < 4.78 is 0. The molecule has 1 unspecified atom stereocenters. The second-order valence-corrected chi connectivity index (χ2v) is 4.70. The van der Waals surface area contributed by atoms with E-state index in [1.54, 1.807) is 24.3 Å². The van der Waals surface area contributed by atoms with Crippen molar-refractivity contribution in [2.24, 2.45) is 0 Å². The van der Waals surface area contributed by atoms with Gasteiger partial charge in [0, 0.05) is 0 Å². The first-order valence-corrected chi connectivity index (χ1v) is 6.45. The molecule has 96 valence electrons. The van der Waals surface area contributed by atoms with Gasteiger partial charge in [0.05, 0.1) is 11.6 Å². The van der Waals surface area contributed by atoms with Crippen molar-refractivity contribution in [3.8, 4) is 6.07 Å². The van der Waals surface area contributed by atoms with Gasteiger partial charge in [-0.25, -0.2) is 0 Å². The summed E-state index contributed by atoms with van der Waals surface area (Å²) in [7, 11) is 0. The summed E-state index contributed by atoms with van der Waals surface area (Å²) in [5.74, 6) is 0. The Morgan fingerprint density at radius 3 is 2.30 bits per heavy atom. The minimum absolute atomic E-state index is 0.596. The third kappa shape index (κ3) is 2.16. The van der Waals surface area contributed by atoms with Crippen LogP contribution in [0.3, 0.4) is 0 Å². The zero-order chi connectivity index (χ0) is 13.9. The van der Waals surface area contributed by atoms with E-state index in [2.05, 4.69) is 6.07 Å². The van der Waals surface area contributed by atoms with Gasteiger partial charge in [0.15, 0.2) is 0 Å². The van der Waals surface area contributed by atoms with Crippen LogP contribution in [0.1, 0.15) is 22.8 Å². The van der Waals surface area contributed by atoms with E-state index in [0.717, 1.165) is 21.9 Å². The number of fused-ring (bicyclic) bond motifs is 1. The molecule has 0 saturated heterocycles. The summed E-state index contributed by atoms with van der Waals surface area (Å²) in [5, 5.41) is 21.5. The predicted octanol–water partition coefficient (Wildman–Crippen LogP) is 3.79. The van der Waals surface area contributed by atoms with Crippen LogP contribution < -0.4 is 0 Å². The van der Waals surface area contributed by atoms with Crippen LogP contribution in [0.25, 0.3) is 10.8 Å². The van der Waals surface area contributed by atoms with Gasteiger partial charge in [0.25, 0.3) is 0 Å². The molecule has 2 nitrogen and oxygen atoms in total. The summed E-state index contributed by atoms with van der Waals surface area (Å²) in [6.45, 7) is 0. The molecule has 0 aliphatic heterocycles. The Labute approximate surface area is 117 Å². The third-order valence-electron chi connectivity index (χ3n) is 3.47. The highest BCUT2D eigenvalue weighted by Gasteiger charge is 2.13. The van der Waals surface area contributed by atoms with Gasteiger partial charge in [0.1, 0.15) is 6.10 Å². The van der Waals surface area contributed by atoms with Crippen LogP contribution in [-0.2, 0) is 0 Å². The smallest absolute Gasteiger partial charge is 0.105 e. The molecule has 1 N–H and O–H groups in total. The molecule has 3 aromatic rings. The zero-order valence-electron chi connectivity index (χ0n) is 10.8. The van der Waals surface area contributed by atoms with Gasteiger partial charge in [-0.15, -0.1) is 0 Å². The first kappa shape index (κ1) is 12.4. The molecule has 0 heterocycles. The van der Waals surface area contributed by atoms with E-state index in [1.165, 1.54) is 0 Å². The van der Waals surface area contributed by atoms with E-state index in [-0.39, 0.29) is 0 Å². The molecule has 2 heteroatoms. The highest BCUT2D eigenvalue weighted by Crippen LogP contribution is 2.28. The maximum atomic E-state index is 10.6. The second kappa shape index (κ2) is 5.16. The van der Waals surface area contributed by atoms with Crippen LogP contribution in [0.15, 0.2) is 66.7 Å². The Kier molecular flexibility index (Phi) is 3.20. The van der Waals surface area contributed by atoms with Gasteiger partial charge >= 0.3 is 0 Å². The van der Waals surface area contributed by atoms with Crippen molar-refractivity contribution < 1.29 is 5.11 Å². The average molecular weight is 259 g/mol. The van der Waals surface area contributed by atoms with Crippen molar-refractivity contribution in [1.29, 1.82) is 5.26 Å². The van der Waals surface area contributed by atoms with Gasteiger partial charge in [-0.05, 0) is 34.0 Å². The SMILES string of the molecule is N#Cc1ccc(C(O)c2cccc3ccccc23)cc1. The second-order valence-electron chi connectivity index (χ2n) is 4.70. The third-order valence-corrected chi connectivity index (χ3v) is 3.47. The van der Waals surface area contributed by atoms with Crippen LogP contribution in [0.5, 0.6) is 0 Å². The zero-order valence-corrected chi connectivity index (χ0v) is 10.8. The van der Waals surface area contributed by atoms with Crippen LogP contribution >= 0.6 is 0 Å². The molecule has 0 amide bonds. The highest BCUT2D eigenvalue weighted by atomic mass is 16.3. The molecule has 20 heavy (non-hydrogen) atoms. The lowest BCUT2D eigenvalue weighted by Crippen LogP contribution is -2.00. The van der Waals surface area contributed by atoms with Crippen LogP contribution in [0, 0.1) is 11.3 Å². The fourth-order valence-electron chi connectivity index (χ4n) is 2.41. The number of hydrogen-bond donors (Lipinski definition) is 1. The predicted molar refractivity (Wildman–Crippen MR) is 79.2 cm³/mol. The minimum Gasteiger partial charge on any atom is -0.384 e. The Hall–Kier alpha value is -2.63. The number of nitrogens with zero attached hydrogens (tertiary/aromatic N) is 1. The maximum Gasteiger partial charge on any atom is 0.105 e. The lowest BCUT2D eigenvalue weighted by molar-refractivity contribution is 0.222. The van der Waals surface area contributed by atoms with Crippen molar-refractivity contribution in [3.05, 3.63) is 83.4 Å². The first-order valence-electron chi connectivity index (χ1n) is 6.45. The van der Waals surface area contributed by atoms with E-state index in [9.17, 15) is 5.11 Å². The summed E-state index contributed by atoms with van der Waals surface area (Å²) in [6.07, 6.45) is -0.686. The standard InChI is InChI=1S/C18H13NO/c19-12-13-8-10-15(11-9-13)18(20)17-7-3-5-14-4-1-2-6-16(14)17/h1-11,18,20H. The molecule has 0 aliphatic rings. The van der Waals surface area contributed by atoms with Crippen molar-refractivity contribution in [3.63, 3.8) is 0 Å². The van der Waals surface area contributed by atoms with Crippen molar-refractivity contribution >= 4 is 10.8 Å². The largest absolute Gasteiger partial charge is 0.384 e. The van der Waals surface area contributed by atoms with Crippen LogP contribution in [0.2, 0.25) is 0 Å². The number of aliphatic hydroxyl groups is 1. The maximum absolute atomic E-state index is 10.6. The molecular formula is C18H13NO. The molecule has 0 bridgehead atoms. The highest BCUT2D eigenvalue weighted by molar-refractivity contribution is 5.86. The number of aliphatic hydroxyl groups excluding tert-OH is 1. The van der Waals surface area contributed by atoms with Gasteiger partial charge in [-0.1, -0.05) is 54.6 Å². The fourth-order valence-corrected chi connectivity index (χ4v) is 2.41. The number of rotatable bonds is 2. The topological polar surface area (TPSA) is 44.0 Å². The van der Waals surface area contributed by atoms with Crippen LogP contribution in [0.4, 0.5) is 0 Å². The summed E-state index contributed by atoms with van der Waals surface area (Å²) >= 11 is 0. The minimum atomic E-state index is -0.686. The van der Waals surface area contributed by atoms with Crippen molar-refractivity contribution in [2.45, 2.75) is 6.10 Å². The Morgan fingerprint density at radius 2 is 1.55 bits per heavy atom. The van der Waals surface area contributed by atoms with E-state index in [4.69, 9.17) is 5.26 Å². The van der Waals surface area contributed by atoms with Gasteiger partial charge < -0.3 is 5.11 Å². The van der Waals surface area contributed by atoms with E-state index in [0.29, 0.717) is 5.56 Å². The van der Waals surface area contributed by atoms with Crippen LogP contribution in [-0.4, -0.2) is 5.11 Å². The summed E-state index contributed by atoms with van der Waals surface area (Å²) in [6, 6.07) is 23.0. The molecule has 0 aromatic heterocycles. The lowest BCUT2D eigenvalue weighted by atomic mass is 9.95. The molecule has 0 aliphatic carbocycles. The van der Waals surface area contributed by atoms with Gasteiger partial charge in [0.2, 0.25) is 0 Å². The number of benzene rings is 3. The Morgan fingerprint density at radius 1 is 0.850 bits per heavy atom. The van der Waals surface area contributed by atoms with E-state index in [1.807, 2.05) is 42.5 Å². The monoisotopic (exact) mass is 259 g/mol. The Balaban J connectivity index is 2.08. The molecule has 0 spiro atoms. The van der Waals surface area contributed by atoms with Gasteiger partial charge in [-0.2, -0.15) is 5.26 Å². The van der Waals surface area contributed by atoms with E-state index < -0.39 is 6.10 Å². The summed E-state index contributed by atoms with van der Waals surface area (Å²) in [4.78, 5) is 0. The summed E-state index contributed by atoms with van der Waals surface area (Å²) in [5.41, 5.74) is 2.27. The molecule has 1 atom stereocenters. The van der Waals surface area contributed by atoms with Gasteiger partial charge in [-0.3, -0.25) is 0 Å². The Bertz CT molecular complexity index is 779. The number of hydrogen-bond acceptors (Lipinski definition) is 2. The van der Waals surface area contributed by atoms with E-state index >= 15 is 0 Å². The average Bonchev–Trinajstić information content (AvgIpc) is 2.54. The molecule has 3 aromatic carbocycles. The normalized spacial score (nSPS) is 12.0. The lowest BCUT2D eigenvalue weighted by Gasteiger charge is -2.14. The molecule has 0 saturated carbocycles. The van der Waals surface area contributed by atoms with Crippen molar-refractivity contribution in [2.75, 3.05) is 0 Å².